The molecule has 3 rings (SSSR count). The first-order chi connectivity index (χ1) is 11.2. The molecule has 0 radical (unpaired) electrons. The number of aromatic nitrogens is 2. The third kappa shape index (κ3) is 2.69. The predicted molar refractivity (Wildman–Crippen MR) is 88.2 cm³/mol. The van der Waals surface area contributed by atoms with Crippen LogP contribution < -0.4 is 5.43 Å². The lowest BCUT2D eigenvalue weighted by Crippen LogP contribution is -2.29. The van der Waals surface area contributed by atoms with Crippen molar-refractivity contribution in [3.63, 3.8) is 0 Å². The van der Waals surface area contributed by atoms with Crippen LogP contribution in [0.1, 0.15) is 12.6 Å². The molecule has 0 spiro atoms. The van der Waals surface area contributed by atoms with Gasteiger partial charge in [0.2, 0.25) is 0 Å². The van der Waals surface area contributed by atoms with Crippen LogP contribution in [0.5, 0.6) is 0 Å². The van der Waals surface area contributed by atoms with Crippen LogP contribution in [0.4, 0.5) is 13.2 Å². The van der Waals surface area contributed by atoms with Crippen LogP contribution in [-0.4, -0.2) is 34.6 Å². The normalized spacial score (nSPS) is 14.0. The molecule has 0 fully saturated rings. The maximum Gasteiger partial charge on any atom is 0.433 e. The van der Waals surface area contributed by atoms with E-state index >= 15 is 0 Å². The molecule has 0 amide bonds. The van der Waals surface area contributed by atoms with Gasteiger partial charge in [0.1, 0.15) is 5.69 Å². The van der Waals surface area contributed by atoms with Gasteiger partial charge in [-0.25, -0.2) is 0 Å². The number of rotatable bonds is 3. The SMILES string of the molecule is CC(Cn1c2cc(=O)ccc2c2cc[nH]c(C(F)(F)F)c21)N(C)C. The van der Waals surface area contributed by atoms with Crippen molar-refractivity contribution in [2.45, 2.75) is 25.7 Å². The average molecular weight is 337 g/mol. The number of alkyl halides is 3. The molecule has 1 unspecified atom stereocenters. The van der Waals surface area contributed by atoms with E-state index in [1.54, 1.807) is 16.7 Å². The number of halogens is 3. The number of fused-ring (bicyclic) bond motifs is 3. The highest BCUT2D eigenvalue weighted by molar-refractivity contribution is 6.08. The number of hydrogen-bond donors (Lipinski definition) is 1. The smallest absolute Gasteiger partial charge is 0.356 e. The Morgan fingerprint density at radius 3 is 2.54 bits per heavy atom. The minimum atomic E-state index is -4.51. The van der Waals surface area contributed by atoms with Gasteiger partial charge in [0, 0.05) is 35.6 Å². The van der Waals surface area contributed by atoms with Crippen molar-refractivity contribution < 1.29 is 13.2 Å². The van der Waals surface area contributed by atoms with Crippen molar-refractivity contribution in [2.24, 2.45) is 0 Å². The quantitative estimate of drug-likeness (QED) is 0.795. The molecule has 3 aromatic rings. The van der Waals surface area contributed by atoms with Gasteiger partial charge in [-0.05, 0) is 39.2 Å². The second kappa shape index (κ2) is 5.66. The van der Waals surface area contributed by atoms with Crippen molar-refractivity contribution in [2.75, 3.05) is 14.1 Å². The summed E-state index contributed by atoms with van der Waals surface area (Å²) in [5.74, 6) is 0. The molecule has 0 aliphatic rings. The summed E-state index contributed by atoms with van der Waals surface area (Å²) in [4.78, 5) is 16.0. The predicted octanol–water partition coefficient (Wildman–Crippen LogP) is 3.45. The first-order valence-electron chi connectivity index (χ1n) is 7.57. The van der Waals surface area contributed by atoms with E-state index < -0.39 is 11.9 Å². The van der Waals surface area contributed by atoms with E-state index in [1.807, 2.05) is 25.9 Å². The maximum absolute atomic E-state index is 13.5. The van der Waals surface area contributed by atoms with Crippen LogP contribution in [0, 0.1) is 0 Å². The maximum atomic E-state index is 13.5. The molecule has 0 aliphatic carbocycles. The topological polar surface area (TPSA) is 41.0 Å². The summed E-state index contributed by atoms with van der Waals surface area (Å²) in [6.07, 6.45) is -3.22. The molecule has 1 aromatic carbocycles. The summed E-state index contributed by atoms with van der Waals surface area (Å²) in [6.45, 7) is 2.27. The van der Waals surface area contributed by atoms with E-state index in [0.717, 1.165) is 0 Å². The van der Waals surface area contributed by atoms with Gasteiger partial charge in [0.15, 0.2) is 5.43 Å². The first-order valence-corrected chi connectivity index (χ1v) is 7.57. The Balaban J connectivity index is 2.42. The highest BCUT2D eigenvalue weighted by Gasteiger charge is 2.35. The molecule has 0 saturated carbocycles. The highest BCUT2D eigenvalue weighted by Crippen LogP contribution is 2.37. The van der Waals surface area contributed by atoms with Gasteiger partial charge >= 0.3 is 6.18 Å². The van der Waals surface area contributed by atoms with E-state index in [2.05, 4.69) is 4.98 Å². The zero-order valence-electron chi connectivity index (χ0n) is 13.6. The summed E-state index contributed by atoms with van der Waals surface area (Å²) in [7, 11) is 3.74. The van der Waals surface area contributed by atoms with Crippen molar-refractivity contribution in [3.05, 3.63) is 46.4 Å². The third-order valence-electron chi connectivity index (χ3n) is 4.40. The van der Waals surface area contributed by atoms with Crippen LogP contribution in [0.3, 0.4) is 0 Å². The Morgan fingerprint density at radius 1 is 1.21 bits per heavy atom. The van der Waals surface area contributed by atoms with Crippen molar-refractivity contribution >= 4 is 21.8 Å². The Hall–Kier alpha value is -2.28. The van der Waals surface area contributed by atoms with Crippen LogP contribution in [0.2, 0.25) is 0 Å². The number of nitrogens with zero attached hydrogens (tertiary/aromatic N) is 2. The Labute approximate surface area is 136 Å². The molecule has 2 heterocycles. The number of aromatic amines is 1. The largest absolute Gasteiger partial charge is 0.433 e. The van der Waals surface area contributed by atoms with Gasteiger partial charge in [0.25, 0.3) is 0 Å². The molecule has 4 nitrogen and oxygen atoms in total. The van der Waals surface area contributed by atoms with Gasteiger partial charge < -0.3 is 14.5 Å². The summed E-state index contributed by atoms with van der Waals surface area (Å²) in [6, 6.07) is 5.99. The second-order valence-corrected chi connectivity index (χ2v) is 6.21. The molecule has 0 bridgehead atoms. The monoisotopic (exact) mass is 337 g/mol. The minimum Gasteiger partial charge on any atom is -0.356 e. The number of likely N-dealkylation sites (N-methyl/N-ethyl adjacent to an activating group) is 1. The van der Waals surface area contributed by atoms with Crippen molar-refractivity contribution in [1.82, 2.24) is 14.5 Å². The van der Waals surface area contributed by atoms with Crippen LogP contribution in [-0.2, 0) is 12.7 Å². The second-order valence-electron chi connectivity index (χ2n) is 6.21. The summed E-state index contributed by atoms with van der Waals surface area (Å²) in [5.41, 5.74) is -0.410. The molecule has 1 atom stereocenters. The highest BCUT2D eigenvalue weighted by atomic mass is 19.4. The third-order valence-corrected chi connectivity index (χ3v) is 4.40. The lowest BCUT2D eigenvalue weighted by Gasteiger charge is -2.22. The molecule has 128 valence electrons. The summed E-state index contributed by atoms with van der Waals surface area (Å²) in [5, 5.41) is 1.14. The van der Waals surface area contributed by atoms with Crippen molar-refractivity contribution in [3.8, 4) is 0 Å². The van der Waals surface area contributed by atoms with Gasteiger partial charge in [-0.1, -0.05) is 0 Å². The number of H-pyrrole nitrogens is 1. The molecular weight excluding hydrogens is 319 g/mol. The van der Waals surface area contributed by atoms with E-state index in [1.165, 1.54) is 18.3 Å². The molecule has 1 N–H and O–H groups in total. The summed E-state index contributed by atoms with van der Waals surface area (Å²) < 4.78 is 42.0. The van der Waals surface area contributed by atoms with Gasteiger partial charge in [-0.15, -0.1) is 0 Å². The zero-order chi connectivity index (χ0) is 17.6. The fourth-order valence-electron chi connectivity index (χ4n) is 2.90. The molecule has 24 heavy (non-hydrogen) atoms. The first kappa shape index (κ1) is 16.6. The Bertz CT molecular complexity index is 953. The van der Waals surface area contributed by atoms with Crippen LogP contribution in [0.25, 0.3) is 21.8 Å². The van der Waals surface area contributed by atoms with E-state index in [9.17, 15) is 18.0 Å². The standard InChI is InChI=1S/C17H18F3N3O/c1-10(22(2)3)9-23-14-8-11(24)4-5-12(14)13-6-7-21-16(15(13)23)17(18,19)20/h4-8,10,21H,9H2,1-3H3. The lowest BCUT2D eigenvalue weighted by atomic mass is 10.1. The van der Waals surface area contributed by atoms with Crippen LogP contribution in [0.15, 0.2) is 35.3 Å². The van der Waals surface area contributed by atoms with E-state index in [4.69, 9.17) is 0 Å². The number of pyridine rings is 1. The molecular formula is C17H18F3N3O. The van der Waals surface area contributed by atoms with Gasteiger partial charge in [0.05, 0.1) is 11.0 Å². The fourth-order valence-corrected chi connectivity index (χ4v) is 2.90. The zero-order valence-corrected chi connectivity index (χ0v) is 13.6. The average Bonchev–Trinajstić information content (AvgIpc) is 2.79. The molecule has 7 heteroatoms. The van der Waals surface area contributed by atoms with Crippen molar-refractivity contribution in [1.29, 1.82) is 0 Å². The van der Waals surface area contributed by atoms with E-state index in [-0.39, 0.29) is 17.0 Å². The van der Waals surface area contributed by atoms with Gasteiger partial charge in [-0.3, -0.25) is 4.79 Å². The molecule has 0 aliphatic heterocycles. The number of nitrogens with one attached hydrogen (secondary N) is 1. The number of benzene rings is 1. The van der Waals surface area contributed by atoms with Crippen LogP contribution >= 0.6 is 0 Å². The molecule has 0 saturated heterocycles. The Morgan fingerprint density at radius 2 is 1.92 bits per heavy atom. The fraction of sp³-hybridized carbons (Fsp3) is 0.353. The lowest BCUT2D eigenvalue weighted by molar-refractivity contribution is -0.140. The minimum absolute atomic E-state index is 0.000368. The van der Waals surface area contributed by atoms with Gasteiger partial charge in [-0.2, -0.15) is 13.2 Å². The molecule has 2 aromatic heterocycles. The number of hydrogen-bond acceptors (Lipinski definition) is 2. The Kier molecular flexibility index (Phi) is 3.91. The summed E-state index contributed by atoms with van der Waals surface area (Å²) >= 11 is 0. The van der Waals surface area contributed by atoms with E-state index in [0.29, 0.717) is 22.8 Å².